The number of rotatable bonds is 8. The first-order valence-electron chi connectivity index (χ1n) is 5.12. The molecule has 72 valence electrons. The van der Waals surface area contributed by atoms with E-state index in [0.29, 0.717) is 0 Å². The summed E-state index contributed by atoms with van der Waals surface area (Å²) in [4.78, 5) is 0. The van der Waals surface area contributed by atoms with E-state index in [1.54, 1.807) is 0 Å². The molecule has 0 amide bonds. The van der Waals surface area contributed by atoms with Crippen LogP contribution in [0.2, 0.25) is 0 Å². The molecular weight excluding hydrogens is 212 g/mol. The molecule has 0 aliphatic heterocycles. The van der Waals surface area contributed by atoms with Gasteiger partial charge in [0.25, 0.3) is 0 Å². The Balaban J connectivity index is 2.92. The van der Waals surface area contributed by atoms with E-state index in [2.05, 4.69) is 35.0 Å². The number of unbranched alkanes of at least 4 members (excludes halogenated alkanes) is 5. The molecule has 0 bridgehead atoms. The van der Waals surface area contributed by atoms with E-state index in [-0.39, 0.29) is 0 Å². The minimum absolute atomic E-state index is 1.13. The first-order valence-corrected chi connectivity index (χ1v) is 6.25. The van der Waals surface area contributed by atoms with Gasteiger partial charge in [-0.15, -0.1) is 0 Å². The van der Waals surface area contributed by atoms with Crippen molar-refractivity contribution >= 4 is 15.9 Å². The maximum absolute atomic E-state index is 3.42. The summed E-state index contributed by atoms with van der Waals surface area (Å²) in [6.07, 6.45) is 13.9. The van der Waals surface area contributed by atoms with Gasteiger partial charge in [0, 0.05) is 5.33 Å². The van der Waals surface area contributed by atoms with Crippen LogP contribution in [0.25, 0.3) is 0 Å². The fourth-order valence-corrected chi connectivity index (χ4v) is 1.44. The van der Waals surface area contributed by atoms with Gasteiger partial charge in [0.05, 0.1) is 0 Å². The molecule has 0 aromatic carbocycles. The van der Waals surface area contributed by atoms with Crippen molar-refractivity contribution in [1.82, 2.24) is 0 Å². The van der Waals surface area contributed by atoms with Crippen LogP contribution in [0.3, 0.4) is 0 Å². The summed E-state index contributed by atoms with van der Waals surface area (Å²) >= 11 is 3.42. The van der Waals surface area contributed by atoms with Crippen molar-refractivity contribution in [3.05, 3.63) is 12.2 Å². The lowest BCUT2D eigenvalue weighted by atomic mass is 10.1. The Morgan fingerprint density at radius 2 is 1.58 bits per heavy atom. The standard InChI is InChI=1S/C11H21Br/c1-2-3-4-5-6-7-8-9-10-11-12/h7-8H,2-6,9-11H2,1H3/b8-7+. The van der Waals surface area contributed by atoms with Crippen molar-refractivity contribution in [3.63, 3.8) is 0 Å². The van der Waals surface area contributed by atoms with Gasteiger partial charge in [0.2, 0.25) is 0 Å². The Hall–Kier alpha value is 0.220. The molecule has 0 aromatic rings. The number of allylic oxidation sites excluding steroid dienone is 2. The molecular formula is C11H21Br. The van der Waals surface area contributed by atoms with Crippen LogP contribution in [0.4, 0.5) is 0 Å². The third-order valence-electron chi connectivity index (χ3n) is 1.90. The number of alkyl halides is 1. The molecule has 0 nitrogen and oxygen atoms in total. The van der Waals surface area contributed by atoms with E-state index in [9.17, 15) is 0 Å². The van der Waals surface area contributed by atoms with Gasteiger partial charge in [-0.25, -0.2) is 0 Å². The highest BCUT2D eigenvalue weighted by molar-refractivity contribution is 9.09. The summed E-state index contributed by atoms with van der Waals surface area (Å²) in [6.45, 7) is 2.26. The zero-order valence-electron chi connectivity index (χ0n) is 8.19. The van der Waals surface area contributed by atoms with Crippen LogP contribution in [-0.4, -0.2) is 5.33 Å². The van der Waals surface area contributed by atoms with E-state index >= 15 is 0 Å². The Labute approximate surface area is 85.6 Å². The predicted molar refractivity (Wildman–Crippen MR) is 60.9 cm³/mol. The van der Waals surface area contributed by atoms with Crippen molar-refractivity contribution in [3.8, 4) is 0 Å². The SMILES string of the molecule is CCCCCC/C=C/CCCBr. The van der Waals surface area contributed by atoms with Crippen molar-refractivity contribution in [1.29, 1.82) is 0 Å². The lowest BCUT2D eigenvalue weighted by Crippen LogP contribution is -1.74. The molecule has 0 saturated heterocycles. The summed E-state index contributed by atoms with van der Waals surface area (Å²) in [7, 11) is 0. The Morgan fingerprint density at radius 1 is 0.917 bits per heavy atom. The van der Waals surface area contributed by atoms with Gasteiger partial charge in [-0.05, 0) is 25.7 Å². The van der Waals surface area contributed by atoms with Gasteiger partial charge in [-0.3, -0.25) is 0 Å². The van der Waals surface area contributed by atoms with Crippen LogP contribution in [-0.2, 0) is 0 Å². The largest absolute Gasteiger partial charge is 0.0928 e. The van der Waals surface area contributed by atoms with Gasteiger partial charge in [-0.1, -0.05) is 54.3 Å². The molecule has 0 aliphatic carbocycles. The van der Waals surface area contributed by atoms with E-state index in [1.807, 2.05) is 0 Å². The van der Waals surface area contributed by atoms with Crippen LogP contribution in [0.5, 0.6) is 0 Å². The average Bonchev–Trinajstić information content (AvgIpc) is 2.10. The van der Waals surface area contributed by atoms with Crippen LogP contribution in [0, 0.1) is 0 Å². The highest BCUT2D eigenvalue weighted by atomic mass is 79.9. The Bertz CT molecular complexity index is 97.2. The molecule has 12 heavy (non-hydrogen) atoms. The highest BCUT2D eigenvalue weighted by Gasteiger charge is 1.84. The number of hydrogen-bond donors (Lipinski definition) is 0. The summed E-state index contributed by atoms with van der Waals surface area (Å²) in [5.74, 6) is 0. The molecule has 0 fully saturated rings. The molecule has 0 radical (unpaired) electrons. The molecule has 0 rings (SSSR count). The van der Waals surface area contributed by atoms with Gasteiger partial charge in [-0.2, -0.15) is 0 Å². The van der Waals surface area contributed by atoms with Crippen molar-refractivity contribution in [2.45, 2.75) is 51.9 Å². The minimum atomic E-state index is 1.13. The molecule has 0 unspecified atom stereocenters. The summed E-state index contributed by atoms with van der Waals surface area (Å²) in [5.41, 5.74) is 0. The topological polar surface area (TPSA) is 0 Å². The predicted octanol–water partition coefficient (Wildman–Crippen LogP) is 4.69. The second-order valence-corrected chi connectivity index (χ2v) is 3.94. The molecule has 0 N–H and O–H groups in total. The first-order chi connectivity index (χ1) is 5.91. The lowest BCUT2D eigenvalue weighted by molar-refractivity contribution is 0.673. The molecule has 0 heterocycles. The third kappa shape index (κ3) is 10.2. The first kappa shape index (κ1) is 12.2. The van der Waals surface area contributed by atoms with Gasteiger partial charge >= 0.3 is 0 Å². The summed E-state index contributed by atoms with van der Waals surface area (Å²) in [5, 5.41) is 1.13. The Morgan fingerprint density at radius 3 is 2.17 bits per heavy atom. The zero-order valence-corrected chi connectivity index (χ0v) is 9.78. The molecule has 1 heteroatoms. The Kier molecular flexibility index (Phi) is 11.4. The second kappa shape index (κ2) is 11.2. The van der Waals surface area contributed by atoms with E-state index in [0.717, 1.165) is 5.33 Å². The quantitative estimate of drug-likeness (QED) is 0.324. The zero-order chi connectivity index (χ0) is 9.07. The van der Waals surface area contributed by atoms with E-state index in [4.69, 9.17) is 0 Å². The van der Waals surface area contributed by atoms with Crippen molar-refractivity contribution < 1.29 is 0 Å². The molecule has 0 spiro atoms. The van der Waals surface area contributed by atoms with Gasteiger partial charge < -0.3 is 0 Å². The molecule has 0 aromatic heterocycles. The maximum Gasteiger partial charge on any atom is 0.00342 e. The van der Waals surface area contributed by atoms with Crippen molar-refractivity contribution in [2.75, 3.05) is 5.33 Å². The summed E-state index contributed by atoms with van der Waals surface area (Å²) < 4.78 is 0. The molecule has 0 aliphatic rings. The lowest BCUT2D eigenvalue weighted by Gasteiger charge is -1.93. The maximum atomic E-state index is 3.42. The van der Waals surface area contributed by atoms with Crippen molar-refractivity contribution in [2.24, 2.45) is 0 Å². The fraction of sp³-hybridized carbons (Fsp3) is 0.818. The number of hydrogen-bond acceptors (Lipinski definition) is 0. The third-order valence-corrected chi connectivity index (χ3v) is 2.46. The average molecular weight is 233 g/mol. The van der Waals surface area contributed by atoms with Crippen LogP contribution >= 0.6 is 15.9 Å². The van der Waals surface area contributed by atoms with E-state index < -0.39 is 0 Å². The number of halogens is 1. The fourth-order valence-electron chi connectivity index (χ4n) is 1.12. The monoisotopic (exact) mass is 232 g/mol. The van der Waals surface area contributed by atoms with Crippen LogP contribution in [0.1, 0.15) is 51.9 Å². The van der Waals surface area contributed by atoms with Crippen LogP contribution in [0.15, 0.2) is 12.2 Å². The second-order valence-electron chi connectivity index (χ2n) is 3.15. The minimum Gasteiger partial charge on any atom is -0.0928 e. The smallest absolute Gasteiger partial charge is 0.00342 e. The highest BCUT2D eigenvalue weighted by Crippen LogP contribution is 2.03. The molecule has 0 atom stereocenters. The van der Waals surface area contributed by atoms with Gasteiger partial charge in [0.15, 0.2) is 0 Å². The summed E-state index contributed by atoms with van der Waals surface area (Å²) in [6, 6.07) is 0. The van der Waals surface area contributed by atoms with Gasteiger partial charge in [0.1, 0.15) is 0 Å². The van der Waals surface area contributed by atoms with E-state index in [1.165, 1.54) is 44.9 Å². The normalized spacial score (nSPS) is 11.2. The molecule has 0 saturated carbocycles. The van der Waals surface area contributed by atoms with Crippen LogP contribution < -0.4 is 0 Å².